The molecule has 0 amide bonds. The number of esters is 3. The van der Waals surface area contributed by atoms with E-state index in [2.05, 4.69) is 15.0 Å². The maximum atomic E-state index is 11.7. The number of rotatable bonds is 5. The lowest BCUT2D eigenvalue weighted by Crippen LogP contribution is -2.40. The second-order valence-electron chi connectivity index (χ2n) is 6.29. The summed E-state index contributed by atoms with van der Waals surface area (Å²) in [6.45, 7) is 3.43. The lowest BCUT2D eigenvalue weighted by Gasteiger charge is -2.23. The van der Waals surface area contributed by atoms with E-state index in [0.717, 1.165) is 0 Å². The molecule has 0 spiro atoms. The molecule has 3 rings (SSSR count). The van der Waals surface area contributed by atoms with E-state index >= 15 is 0 Å². The van der Waals surface area contributed by atoms with Gasteiger partial charge in [0.15, 0.2) is 29.0 Å². The van der Waals surface area contributed by atoms with Crippen molar-refractivity contribution in [3.05, 3.63) is 11.0 Å². The summed E-state index contributed by atoms with van der Waals surface area (Å²) in [4.78, 5) is 45.5. The topological polar surface area (TPSA) is 161 Å². The lowest BCUT2D eigenvalue weighted by atomic mass is 10.1. The van der Waals surface area contributed by atoms with Gasteiger partial charge in [0.05, 0.1) is 6.33 Å². The van der Waals surface area contributed by atoms with Crippen molar-refractivity contribution in [2.75, 3.05) is 12.3 Å². The number of aromatic amines is 1. The van der Waals surface area contributed by atoms with Crippen LogP contribution in [0.5, 0.6) is 0 Å². The first-order chi connectivity index (χ1) is 13.7. The van der Waals surface area contributed by atoms with E-state index in [-0.39, 0.29) is 17.2 Å². The number of H-pyrrole nitrogens is 1. The van der Waals surface area contributed by atoms with Crippen LogP contribution in [-0.2, 0) is 33.3 Å². The van der Waals surface area contributed by atoms with Crippen LogP contribution >= 0.6 is 12.2 Å². The van der Waals surface area contributed by atoms with Gasteiger partial charge < -0.3 is 29.7 Å². The standard InChI is InChI=1S/C16H19N5O7S/c1-6(22)25-4-9-11(26-7(2)23)12(27-8(3)24)15(28-9)21-5-18-10-13(21)19-16(17)20-14(10)29/h5,9,11-12,15H,4H2,1-3H3,(H3,17,19,20,29). The van der Waals surface area contributed by atoms with Gasteiger partial charge in [0.2, 0.25) is 0 Å². The fraction of sp³-hybridized carbons (Fsp3) is 0.500. The molecular weight excluding hydrogens is 406 g/mol. The van der Waals surface area contributed by atoms with Gasteiger partial charge in [-0.15, -0.1) is 0 Å². The van der Waals surface area contributed by atoms with Crippen LogP contribution in [0.3, 0.4) is 0 Å². The molecule has 13 heteroatoms. The molecule has 3 heterocycles. The van der Waals surface area contributed by atoms with Crippen LogP contribution in [0.4, 0.5) is 5.95 Å². The van der Waals surface area contributed by atoms with E-state index in [4.69, 9.17) is 36.9 Å². The Hall–Kier alpha value is -3.06. The van der Waals surface area contributed by atoms with E-state index in [1.807, 2.05) is 0 Å². The Morgan fingerprint density at radius 3 is 2.48 bits per heavy atom. The Labute approximate surface area is 169 Å². The van der Waals surface area contributed by atoms with E-state index in [0.29, 0.717) is 11.2 Å². The third-order valence-electron chi connectivity index (χ3n) is 4.08. The average molecular weight is 425 g/mol. The first-order valence-electron chi connectivity index (χ1n) is 8.53. The normalized spacial score (nSPS) is 23.7. The van der Waals surface area contributed by atoms with E-state index < -0.39 is 42.4 Å². The van der Waals surface area contributed by atoms with Gasteiger partial charge in [-0.1, -0.05) is 12.2 Å². The summed E-state index contributed by atoms with van der Waals surface area (Å²) in [6.07, 6.45) is -2.54. The minimum absolute atomic E-state index is 0.0549. The monoisotopic (exact) mass is 425 g/mol. The molecule has 12 nitrogen and oxygen atoms in total. The predicted molar refractivity (Wildman–Crippen MR) is 98.8 cm³/mol. The molecule has 2 aromatic heterocycles. The molecule has 1 saturated heterocycles. The number of nitrogens with zero attached hydrogens (tertiary/aromatic N) is 3. The van der Waals surface area contributed by atoms with Crippen LogP contribution in [0.2, 0.25) is 0 Å². The van der Waals surface area contributed by atoms with Crippen LogP contribution < -0.4 is 5.73 Å². The van der Waals surface area contributed by atoms with Gasteiger partial charge in [-0.2, -0.15) is 0 Å². The lowest BCUT2D eigenvalue weighted by molar-refractivity contribution is -0.166. The van der Waals surface area contributed by atoms with Crippen molar-refractivity contribution in [2.45, 2.75) is 45.3 Å². The van der Waals surface area contributed by atoms with Crippen molar-refractivity contribution in [3.63, 3.8) is 0 Å². The zero-order valence-electron chi connectivity index (χ0n) is 15.8. The number of nitrogens with one attached hydrogen (secondary N) is 1. The minimum Gasteiger partial charge on any atom is -0.463 e. The maximum absolute atomic E-state index is 11.7. The van der Waals surface area contributed by atoms with Gasteiger partial charge >= 0.3 is 17.9 Å². The molecule has 1 aliphatic rings. The van der Waals surface area contributed by atoms with Crippen molar-refractivity contribution >= 4 is 47.2 Å². The molecule has 0 saturated carbocycles. The summed E-state index contributed by atoms with van der Waals surface area (Å²) in [5, 5.41) is 0. The van der Waals surface area contributed by atoms with Crippen LogP contribution in [0.15, 0.2) is 6.33 Å². The fourth-order valence-corrected chi connectivity index (χ4v) is 3.31. The molecule has 4 atom stereocenters. The number of nitrogen functional groups attached to an aromatic ring is 1. The van der Waals surface area contributed by atoms with Gasteiger partial charge in [0.1, 0.15) is 23.9 Å². The van der Waals surface area contributed by atoms with E-state index in [9.17, 15) is 14.4 Å². The Balaban J connectivity index is 2.05. The summed E-state index contributed by atoms with van der Waals surface area (Å²) >= 11 is 5.16. The number of carbonyl (C=O) groups excluding carboxylic acids is 3. The highest BCUT2D eigenvalue weighted by Gasteiger charge is 2.51. The molecule has 156 valence electrons. The van der Waals surface area contributed by atoms with Crippen LogP contribution in [0.25, 0.3) is 11.2 Å². The van der Waals surface area contributed by atoms with Gasteiger partial charge in [0.25, 0.3) is 0 Å². The summed E-state index contributed by atoms with van der Waals surface area (Å²) in [7, 11) is 0. The summed E-state index contributed by atoms with van der Waals surface area (Å²) < 4.78 is 23.3. The number of hydrogen-bond acceptors (Lipinski definition) is 11. The SMILES string of the molecule is CC(=O)OCC1OC(n2cnc3c(=S)nc(N)[nH]c32)C(OC(C)=O)C1OC(C)=O. The number of anilines is 1. The van der Waals surface area contributed by atoms with E-state index in [1.165, 1.54) is 31.7 Å². The molecule has 4 unspecified atom stereocenters. The summed E-state index contributed by atoms with van der Waals surface area (Å²) in [6, 6.07) is 0. The zero-order valence-corrected chi connectivity index (χ0v) is 16.6. The van der Waals surface area contributed by atoms with Crippen molar-refractivity contribution in [1.82, 2.24) is 19.5 Å². The van der Waals surface area contributed by atoms with Crippen LogP contribution in [0.1, 0.15) is 27.0 Å². The Morgan fingerprint density at radius 1 is 1.21 bits per heavy atom. The Kier molecular flexibility index (Phi) is 5.79. The average Bonchev–Trinajstić information content (AvgIpc) is 3.15. The Bertz CT molecular complexity index is 1020. The van der Waals surface area contributed by atoms with Crippen molar-refractivity contribution < 1.29 is 33.3 Å². The number of aromatic nitrogens is 4. The highest BCUT2D eigenvalue weighted by atomic mass is 32.1. The molecule has 0 aromatic carbocycles. The molecule has 2 aromatic rings. The summed E-state index contributed by atoms with van der Waals surface area (Å²) in [5.41, 5.74) is 6.47. The molecular formula is C16H19N5O7S. The number of nitrogens with two attached hydrogens (primary N) is 1. The first kappa shape index (κ1) is 20.7. The van der Waals surface area contributed by atoms with Crippen LogP contribution in [-0.4, -0.2) is 62.3 Å². The van der Waals surface area contributed by atoms with Gasteiger partial charge in [-0.05, 0) is 0 Å². The number of ether oxygens (including phenoxy) is 4. The van der Waals surface area contributed by atoms with Crippen molar-refractivity contribution in [2.24, 2.45) is 0 Å². The maximum Gasteiger partial charge on any atom is 0.303 e. The van der Waals surface area contributed by atoms with Gasteiger partial charge in [-0.3, -0.25) is 19.0 Å². The second kappa shape index (κ2) is 8.13. The fourth-order valence-electron chi connectivity index (χ4n) is 3.06. The number of fused-ring (bicyclic) bond motifs is 1. The summed E-state index contributed by atoms with van der Waals surface area (Å²) in [5.74, 6) is -1.72. The van der Waals surface area contributed by atoms with Crippen molar-refractivity contribution in [1.29, 1.82) is 0 Å². The van der Waals surface area contributed by atoms with Gasteiger partial charge in [-0.25, -0.2) is 9.97 Å². The second-order valence-corrected chi connectivity index (χ2v) is 6.68. The predicted octanol–water partition coefficient (Wildman–Crippen LogP) is 0.395. The highest BCUT2D eigenvalue weighted by molar-refractivity contribution is 7.71. The molecule has 29 heavy (non-hydrogen) atoms. The first-order valence-corrected chi connectivity index (χ1v) is 8.93. The number of hydrogen-bond donors (Lipinski definition) is 2. The highest BCUT2D eigenvalue weighted by Crippen LogP contribution is 2.36. The smallest absolute Gasteiger partial charge is 0.303 e. The number of imidazole rings is 1. The molecule has 0 radical (unpaired) electrons. The van der Waals surface area contributed by atoms with Crippen LogP contribution in [0, 0.1) is 4.64 Å². The molecule has 3 N–H and O–H groups in total. The largest absolute Gasteiger partial charge is 0.463 e. The minimum atomic E-state index is -1.05. The third-order valence-corrected chi connectivity index (χ3v) is 4.36. The van der Waals surface area contributed by atoms with Crippen molar-refractivity contribution in [3.8, 4) is 0 Å². The quantitative estimate of drug-likeness (QED) is 0.387. The van der Waals surface area contributed by atoms with Gasteiger partial charge in [0, 0.05) is 20.8 Å². The number of carbonyl (C=O) groups is 3. The van der Waals surface area contributed by atoms with E-state index in [1.54, 1.807) is 0 Å². The molecule has 0 aliphatic carbocycles. The molecule has 1 fully saturated rings. The third kappa shape index (κ3) is 4.35. The zero-order chi connectivity index (χ0) is 21.3. The molecule has 1 aliphatic heterocycles. The Morgan fingerprint density at radius 2 is 1.86 bits per heavy atom. The molecule has 0 bridgehead atoms.